The third kappa shape index (κ3) is 2.68. The first-order valence-corrected chi connectivity index (χ1v) is 6.22. The Morgan fingerprint density at radius 3 is 3.00 bits per heavy atom. The predicted molar refractivity (Wildman–Crippen MR) is 65.5 cm³/mol. The molecule has 0 aliphatic carbocycles. The molecular formula is C11H16N4S. The van der Waals surface area contributed by atoms with Crippen LogP contribution in [0.15, 0.2) is 17.8 Å². The summed E-state index contributed by atoms with van der Waals surface area (Å²) in [5, 5.41) is 9.60. The Morgan fingerprint density at radius 1 is 1.50 bits per heavy atom. The lowest BCUT2D eigenvalue weighted by molar-refractivity contribution is 0.636. The molecule has 0 bridgehead atoms. The third-order valence-corrected chi connectivity index (χ3v) is 3.61. The van der Waals surface area contributed by atoms with E-state index in [1.165, 1.54) is 10.4 Å². The number of nitrogens with zero attached hydrogens (tertiary/aromatic N) is 3. The highest BCUT2D eigenvalue weighted by Crippen LogP contribution is 2.14. The van der Waals surface area contributed by atoms with Gasteiger partial charge in [-0.3, -0.25) is 4.68 Å². The van der Waals surface area contributed by atoms with Crippen LogP contribution in [0.5, 0.6) is 0 Å². The Bertz CT molecular complexity index is 404. The van der Waals surface area contributed by atoms with Gasteiger partial charge in [-0.25, -0.2) is 4.98 Å². The van der Waals surface area contributed by atoms with E-state index >= 15 is 0 Å². The van der Waals surface area contributed by atoms with Gasteiger partial charge in [0.2, 0.25) is 0 Å². The summed E-state index contributed by atoms with van der Waals surface area (Å²) in [7, 11) is 1.92. The van der Waals surface area contributed by atoms with Crippen molar-refractivity contribution in [2.24, 2.45) is 7.05 Å². The lowest BCUT2D eigenvalue weighted by Crippen LogP contribution is -2.18. The molecule has 2 rings (SSSR count). The van der Waals surface area contributed by atoms with Crippen LogP contribution in [0.4, 0.5) is 0 Å². The average molecular weight is 236 g/mol. The van der Waals surface area contributed by atoms with E-state index in [1.54, 1.807) is 17.7 Å². The van der Waals surface area contributed by atoms with Crippen molar-refractivity contribution >= 4 is 11.3 Å². The number of thiophene rings is 1. The van der Waals surface area contributed by atoms with E-state index in [0.717, 1.165) is 25.3 Å². The minimum Gasteiger partial charge on any atom is -0.311 e. The van der Waals surface area contributed by atoms with E-state index in [2.05, 4.69) is 33.8 Å². The highest BCUT2D eigenvalue weighted by atomic mass is 32.1. The number of rotatable bonds is 5. The van der Waals surface area contributed by atoms with Crippen molar-refractivity contribution in [1.82, 2.24) is 20.1 Å². The van der Waals surface area contributed by atoms with Gasteiger partial charge in [0.15, 0.2) is 0 Å². The maximum absolute atomic E-state index is 4.18. The zero-order chi connectivity index (χ0) is 11.4. The lowest BCUT2D eigenvalue weighted by atomic mass is 10.3. The standard InChI is InChI=1S/C11H16N4S/c1-9-4-6-16-10(9)7-12-5-3-11-13-8-14-15(11)2/h4,6,8,12H,3,5,7H2,1-2H3. The molecule has 1 N–H and O–H groups in total. The quantitative estimate of drug-likeness (QED) is 0.800. The minimum absolute atomic E-state index is 0.918. The van der Waals surface area contributed by atoms with Gasteiger partial charge >= 0.3 is 0 Å². The second-order valence-corrected chi connectivity index (χ2v) is 4.75. The summed E-state index contributed by atoms with van der Waals surface area (Å²) in [5.74, 6) is 1.02. The minimum atomic E-state index is 0.918. The maximum Gasteiger partial charge on any atom is 0.138 e. The Labute approximate surface area is 99.3 Å². The van der Waals surface area contributed by atoms with Crippen LogP contribution in [0, 0.1) is 6.92 Å². The molecule has 2 aromatic rings. The highest BCUT2D eigenvalue weighted by molar-refractivity contribution is 7.10. The molecule has 86 valence electrons. The zero-order valence-electron chi connectivity index (χ0n) is 9.60. The summed E-state index contributed by atoms with van der Waals surface area (Å²) in [6.45, 7) is 4.03. The molecule has 0 radical (unpaired) electrons. The summed E-state index contributed by atoms with van der Waals surface area (Å²) in [5.41, 5.74) is 1.37. The molecule has 0 aliphatic heterocycles. The van der Waals surface area contributed by atoms with Gasteiger partial charge in [0.25, 0.3) is 0 Å². The topological polar surface area (TPSA) is 42.7 Å². The van der Waals surface area contributed by atoms with E-state index in [9.17, 15) is 0 Å². The molecule has 2 aromatic heterocycles. The van der Waals surface area contributed by atoms with Gasteiger partial charge < -0.3 is 5.32 Å². The number of hydrogen-bond acceptors (Lipinski definition) is 4. The van der Waals surface area contributed by atoms with E-state index in [4.69, 9.17) is 0 Å². The first kappa shape index (κ1) is 11.3. The molecular weight excluding hydrogens is 220 g/mol. The summed E-state index contributed by atoms with van der Waals surface area (Å²) in [6.07, 6.45) is 2.51. The maximum atomic E-state index is 4.18. The fourth-order valence-corrected chi connectivity index (χ4v) is 2.41. The van der Waals surface area contributed by atoms with Gasteiger partial charge in [-0.05, 0) is 23.9 Å². The molecule has 2 heterocycles. The van der Waals surface area contributed by atoms with E-state index in [-0.39, 0.29) is 0 Å². The van der Waals surface area contributed by atoms with Gasteiger partial charge in [0.05, 0.1) is 0 Å². The van der Waals surface area contributed by atoms with Crippen molar-refractivity contribution in [2.75, 3.05) is 6.54 Å². The van der Waals surface area contributed by atoms with Crippen molar-refractivity contribution in [3.05, 3.63) is 34.0 Å². The van der Waals surface area contributed by atoms with Crippen LogP contribution < -0.4 is 5.32 Å². The molecule has 0 unspecified atom stereocenters. The van der Waals surface area contributed by atoms with E-state index in [0.29, 0.717) is 0 Å². The fraction of sp³-hybridized carbons (Fsp3) is 0.455. The fourth-order valence-electron chi connectivity index (χ4n) is 1.53. The smallest absolute Gasteiger partial charge is 0.138 e. The molecule has 0 spiro atoms. The number of aryl methyl sites for hydroxylation is 2. The average Bonchev–Trinajstić information content (AvgIpc) is 2.84. The van der Waals surface area contributed by atoms with Gasteiger partial charge in [-0.2, -0.15) is 5.10 Å². The van der Waals surface area contributed by atoms with Crippen molar-refractivity contribution in [3.63, 3.8) is 0 Å². The Morgan fingerprint density at radius 2 is 2.38 bits per heavy atom. The number of hydrogen-bond donors (Lipinski definition) is 1. The molecule has 0 aromatic carbocycles. The summed E-state index contributed by atoms with van der Waals surface area (Å²) in [4.78, 5) is 5.60. The largest absolute Gasteiger partial charge is 0.311 e. The molecule has 0 saturated carbocycles. The predicted octanol–water partition coefficient (Wildman–Crippen LogP) is 1.52. The first-order chi connectivity index (χ1) is 7.77. The van der Waals surface area contributed by atoms with E-state index in [1.807, 2.05) is 11.7 Å². The van der Waals surface area contributed by atoms with Crippen LogP contribution in [-0.2, 0) is 20.0 Å². The molecule has 0 saturated heterocycles. The van der Waals surface area contributed by atoms with Crippen LogP contribution in [0.3, 0.4) is 0 Å². The third-order valence-electron chi connectivity index (χ3n) is 2.58. The van der Waals surface area contributed by atoms with Crippen LogP contribution in [-0.4, -0.2) is 21.3 Å². The number of aromatic nitrogens is 3. The normalized spacial score (nSPS) is 10.9. The molecule has 0 aliphatic rings. The second-order valence-electron chi connectivity index (χ2n) is 3.75. The molecule has 4 nitrogen and oxygen atoms in total. The van der Waals surface area contributed by atoms with Gasteiger partial charge in [-0.1, -0.05) is 0 Å². The van der Waals surface area contributed by atoms with Gasteiger partial charge in [0.1, 0.15) is 12.2 Å². The Balaban J connectivity index is 1.74. The van der Waals surface area contributed by atoms with Crippen molar-refractivity contribution < 1.29 is 0 Å². The van der Waals surface area contributed by atoms with Crippen molar-refractivity contribution in [2.45, 2.75) is 19.9 Å². The van der Waals surface area contributed by atoms with Crippen molar-refractivity contribution in [3.8, 4) is 0 Å². The summed E-state index contributed by atoms with van der Waals surface area (Å²) in [6, 6.07) is 2.16. The van der Waals surface area contributed by atoms with Crippen LogP contribution in [0.25, 0.3) is 0 Å². The zero-order valence-corrected chi connectivity index (χ0v) is 10.4. The lowest BCUT2D eigenvalue weighted by Gasteiger charge is -2.03. The molecule has 16 heavy (non-hydrogen) atoms. The van der Waals surface area contributed by atoms with Crippen LogP contribution in [0.1, 0.15) is 16.3 Å². The summed E-state index contributed by atoms with van der Waals surface area (Å²) < 4.78 is 1.82. The Hall–Kier alpha value is -1.20. The monoisotopic (exact) mass is 236 g/mol. The SMILES string of the molecule is Cc1ccsc1CNCCc1ncnn1C. The van der Waals surface area contributed by atoms with E-state index < -0.39 is 0 Å². The van der Waals surface area contributed by atoms with Crippen molar-refractivity contribution in [1.29, 1.82) is 0 Å². The molecule has 5 heteroatoms. The summed E-state index contributed by atoms with van der Waals surface area (Å²) >= 11 is 1.80. The first-order valence-electron chi connectivity index (χ1n) is 5.34. The number of nitrogens with one attached hydrogen (secondary N) is 1. The van der Waals surface area contributed by atoms with Crippen LogP contribution >= 0.6 is 11.3 Å². The molecule has 0 atom stereocenters. The van der Waals surface area contributed by atoms with Gasteiger partial charge in [0, 0.05) is 31.4 Å². The molecule has 0 amide bonds. The Kier molecular flexibility index (Phi) is 3.69. The second kappa shape index (κ2) is 5.23. The highest BCUT2D eigenvalue weighted by Gasteiger charge is 2.01. The van der Waals surface area contributed by atoms with Crippen LogP contribution in [0.2, 0.25) is 0 Å². The molecule has 0 fully saturated rings. The van der Waals surface area contributed by atoms with Gasteiger partial charge in [-0.15, -0.1) is 11.3 Å².